The number of hydrogen-bond donors (Lipinski definition) is 1. The van der Waals surface area contributed by atoms with Crippen molar-refractivity contribution in [2.24, 2.45) is 0 Å². The van der Waals surface area contributed by atoms with Crippen molar-refractivity contribution in [3.05, 3.63) is 64.2 Å². The van der Waals surface area contributed by atoms with E-state index >= 15 is 0 Å². The number of hydrogen-bond acceptors (Lipinski definition) is 7. The van der Waals surface area contributed by atoms with E-state index in [1.165, 1.54) is 12.1 Å². The third kappa shape index (κ3) is 3.99. The number of thiophene rings is 1. The van der Waals surface area contributed by atoms with E-state index in [4.69, 9.17) is 4.52 Å². The number of rotatable bonds is 5. The van der Waals surface area contributed by atoms with Gasteiger partial charge in [-0.3, -0.25) is 4.79 Å². The van der Waals surface area contributed by atoms with E-state index in [0.717, 1.165) is 21.6 Å². The van der Waals surface area contributed by atoms with Crippen LogP contribution in [0.4, 0.5) is 0 Å². The number of pyridine rings is 1. The maximum Gasteiger partial charge on any atom is 0.259 e. The lowest BCUT2D eigenvalue weighted by Gasteiger charge is -2.08. The first-order valence-corrected chi connectivity index (χ1v) is 11.8. The van der Waals surface area contributed by atoms with E-state index in [-0.39, 0.29) is 17.3 Å². The molecule has 7 nitrogen and oxygen atoms in total. The number of nitrogens with one attached hydrogen (secondary N) is 1. The van der Waals surface area contributed by atoms with E-state index in [1.807, 2.05) is 19.1 Å². The van der Waals surface area contributed by atoms with Crippen LogP contribution in [0.2, 0.25) is 0 Å². The number of carbonyl (C=O) groups is 1. The summed E-state index contributed by atoms with van der Waals surface area (Å²) in [6, 6.07) is 12.1. The van der Waals surface area contributed by atoms with Gasteiger partial charge in [-0.1, -0.05) is 17.3 Å². The van der Waals surface area contributed by atoms with Gasteiger partial charge in [0.2, 0.25) is 0 Å². The van der Waals surface area contributed by atoms with Crippen LogP contribution in [0.3, 0.4) is 0 Å². The first-order valence-electron chi connectivity index (χ1n) is 9.13. The van der Waals surface area contributed by atoms with Crippen molar-refractivity contribution >= 4 is 38.2 Å². The Labute approximate surface area is 177 Å². The Morgan fingerprint density at radius 2 is 1.87 bits per heavy atom. The van der Waals surface area contributed by atoms with Crippen molar-refractivity contribution in [2.75, 3.05) is 6.26 Å². The zero-order valence-corrected chi connectivity index (χ0v) is 18.2. The largest absolute Gasteiger partial charge is 0.348 e. The molecule has 4 aromatic rings. The molecule has 3 aromatic heterocycles. The molecule has 0 aliphatic rings. The average molecular weight is 442 g/mol. The van der Waals surface area contributed by atoms with Gasteiger partial charge in [0.25, 0.3) is 11.6 Å². The Morgan fingerprint density at radius 1 is 1.13 bits per heavy atom. The molecule has 1 N–H and O–H groups in total. The number of aryl methyl sites for hydroxylation is 2. The van der Waals surface area contributed by atoms with Crippen molar-refractivity contribution in [3.63, 3.8) is 0 Å². The molecule has 0 bridgehead atoms. The van der Waals surface area contributed by atoms with Crippen LogP contribution in [0.1, 0.15) is 26.5 Å². The number of carbonyl (C=O) groups excluding carboxylic acids is 1. The van der Waals surface area contributed by atoms with Gasteiger partial charge in [-0.15, -0.1) is 11.3 Å². The van der Waals surface area contributed by atoms with Crippen LogP contribution >= 0.6 is 11.3 Å². The first-order chi connectivity index (χ1) is 14.2. The van der Waals surface area contributed by atoms with Crippen molar-refractivity contribution in [3.8, 4) is 10.6 Å². The smallest absolute Gasteiger partial charge is 0.259 e. The van der Waals surface area contributed by atoms with E-state index in [9.17, 15) is 13.2 Å². The number of nitrogens with zero attached hydrogens (tertiary/aromatic N) is 2. The van der Waals surface area contributed by atoms with Crippen LogP contribution < -0.4 is 5.32 Å². The highest BCUT2D eigenvalue weighted by molar-refractivity contribution is 7.90. The Balaban J connectivity index is 1.63. The van der Waals surface area contributed by atoms with Crippen molar-refractivity contribution in [1.29, 1.82) is 0 Å². The van der Waals surface area contributed by atoms with E-state index in [1.54, 1.807) is 36.5 Å². The summed E-state index contributed by atoms with van der Waals surface area (Å²) in [7, 11) is -3.26. The molecule has 4 rings (SSSR count). The zero-order chi connectivity index (χ0) is 21.5. The molecule has 0 saturated carbocycles. The Morgan fingerprint density at radius 3 is 2.50 bits per heavy atom. The molecule has 1 amide bonds. The maximum atomic E-state index is 13.0. The summed E-state index contributed by atoms with van der Waals surface area (Å²) in [4.78, 5) is 19.8. The van der Waals surface area contributed by atoms with Gasteiger partial charge in [0, 0.05) is 17.7 Å². The fraction of sp³-hybridized carbons (Fsp3) is 0.190. The Kier molecular flexibility index (Phi) is 5.17. The highest BCUT2D eigenvalue weighted by atomic mass is 32.2. The van der Waals surface area contributed by atoms with Gasteiger partial charge in [0.15, 0.2) is 9.84 Å². The summed E-state index contributed by atoms with van der Waals surface area (Å²) in [6.07, 6.45) is 1.16. The number of aromatic nitrogens is 2. The SMILES string of the molecule is Cc1ccc(-c2cc(C(=O)NCc3ccc(S(C)(=O)=O)cc3)c3c(C)noc3n2)s1. The van der Waals surface area contributed by atoms with Crippen molar-refractivity contribution < 1.29 is 17.7 Å². The molecule has 0 aliphatic carbocycles. The molecule has 30 heavy (non-hydrogen) atoms. The van der Waals surface area contributed by atoms with E-state index in [0.29, 0.717) is 28.1 Å². The fourth-order valence-corrected chi connectivity index (χ4v) is 4.56. The van der Waals surface area contributed by atoms with Gasteiger partial charge in [-0.05, 0) is 49.7 Å². The van der Waals surface area contributed by atoms with Crippen LogP contribution in [0.15, 0.2) is 51.9 Å². The molecule has 0 fully saturated rings. The van der Waals surface area contributed by atoms with Gasteiger partial charge >= 0.3 is 0 Å². The number of sulfone groups is 1. The summed E-state index contributed by atoms with van der Waals surface area (Å²) in [5.41, 5.74) is 2.79. The molecule has 0 aliphatic heterocycles. The molecule has 0 unspecified atom stereocenters. The van der Waals surface area contributed by atoms with Crippen molar-refractivity contribution in [1.82, 2.24) is 15.5 Å². The summed E-state index contributed by atoms with van der Waals surface area (Å²) < 4.78 is 28.5. The quantitative estimate of drug-likeness (QED) is 0.504. The van der Waals surface area contributed by atoms with Gasteiger partial charge in [-0.25, -0.2) is 13.4 Å². The summed E-state index contributed by atoms with van der Waals surface area (Å²) >= 11 is 1.58. The highest BCUT2D eigenvalue weighted by Gasteiger charge is 2.20. The third-order valence-corrected chi connectivity index (χ3v) is 6.81. The molecule has 0 atom stereocenters. The molecule has 0 saturated heterocycles. The molecule has 3 heterocycles. The monoisotopic (exact) mass is 441 g/mol. The predicted octanol–water partition coefficient (Wildman–Crippen LogP) is 3.90. The molecule has 0 spiro atoms. The minimum atomic E-state index is -3.26. The topological polar surface area (TPSA) is 102 Å². The minimum absolute atomic E-state index is 0.240. The first kappa shape index (κ1) is 20.2. The van der Waals surface area contributed by atoms with Crippen molar-refractivity contribution in [2.45, 2.75) is 25.3 Å². The lowest BCUT2D eigenvalue weighted by atomic mass is 10.1. The summed E-state index contributed by atoms with van der Waals surface area (Å²) in [5.74, 6) is -0.282. The summed E-state index contributed by atoms with van der Waals surface area (Å²) in [6.45, 7) is 4.03. The Hall–Kier alpha value is -3.04. The second-order valence-electron chi connectivity index (χ2n) is 7.01. The number of fused-ring (bicyclic) bond motifs is 1. The van der Waals surface area contributed by atoms with Crippen LogP contribution in [-0.2, 0) is 16.4 Å². The van der Waals surface area contributed by atoms with Gasteiger partial charge < -0.3 is 9.84 Å². The lowest BCUT2D eigenvalue weighted by Crippen LogP contribution is -2.23. The van der Waals surface area contributed by atoms with Crippen LogP contribution in [0.5, 0.6) is 0 Å². The van der Waals surface area contributed by atoms with Crippen LogP contribution in [-0.4, -0.2) is 30.7 Å². The number of benzene rings is 1. The van der Waals surface area contributed by atoms with E-state index < -0.39 is 9.84 Å². The maximum absolute atomic E-state index is 13.0. The second-order valence-corrected chi connectivity index (χ2v) is 10.3. The molecule has 0 radical (unpaired) electrons. The fourth-order valence-electron chi connectivity index (χ4n) is 3.10. The molecular formula is C21H19N3O4S2. The molecule has 154 valence electrons. The second kappa shape index (κ2) is 7.66. The molecule has 9 heteroatoms. The standard InChI is InChI=1S/C21H19N3O4S2/c1-12-4-9-18(29-12)17-10-16(19-13(2)24-28-21(19)23-17)20(25)22-11-14-5-7-15(8-6-14)30(3,26)27/h4-10H,11H2,1-3H3,(H,22,25). The van der Waals surface area contributed by atoms with Crippen LogP contribution in [0.25, 0.3) is 21.7 Å². The predicted molar refractivity (Wildman–Crippen MR) is 115 cm³/mol. The van der Waals surface area contributed by atoms with Gasteiger partial charge in [-0.2, -0.15) is 0 Å². The highest BCUT2D eigenvalue weighted by Crippen LogP contribution is 2.31. The van der Waals surface area contributed by atoms with Gasteiger partial charge in [0.05, 0.1) is 32.1 Å². The zero-order valence-electron chi connectivity index (χ0n) is 16.6. The third-order valence-electron chi connectivity index (χ3n) is 4.66. The van der Waals surface area contributed by atoms with Crippen LogP contribution in [0, 0.1) is 13.8 Å². The number of amides is 1. The lowest BCUT2D eigenvalue weighted by molar-refractivity contribution is 0.0952. The van der Waals surface area contributed by atoms with E-state index in [2.05, 4.69) is 15.5 Å². The minimum Gasteiger partial charge on any atom is -0.348 e. The molecule has 1 aromatic carbocycles. The normalized spacial score (nSPS) is 11.7. The average Bonchev–Trinajstić information content (AvgIpc) is 3.31. The summed E-state index contributed by atoms with van der Waals surface area (Å²) in [5, 5.41) is 7.42. The Bertz CT molecular complexity index is 1350. The molecular weight excluding hydrogens is 422 g/mol. The van der Waals surface area contributed by atoms with Gasteiger partial charge in [0.1, 0.15) is 0 Å².